The summed E-state index contributed by atoms with van der Waals surface area (Å²) in [6.07, 6.45) is 4.12. The first-order valence-corrected chi connectivity index (χ1v) is 5.40. The zero-order chi connectivity index (χ0) is 10.7. The monoisotopic (exact) mass is 196 g/mol. The Morgan fingerprint density at radius 1 is 1.20 bits per heavy atom. The molecule has 0 aliphatic carbocycles. The summed E-state index contributed by atoms with van der Waals surface area (Å²) in [5.41, 5.74) is 2.78. The van der Waals surface area contributed by atoms with Crippen LogP contribution in [0.2, 0.25) is 0 Å². The Balaban J connectivity index is 2.55. The fraction of sp³-hybridized carbons (Fsp3) is 0.200. The number of fused-ring (bicyclic) bond motifs is 1. The first kappa shape index (κ1) is 9.97. The van der Waals surface area contributed by atoms with Crippen molar-refractivity contribution in [2.75, 3.05) is 0 Å². The topological polar surface area (TPSA) is 0 Å². The molecule has 0 amide bonds. The van der Waals surface area contributed by atoms with Gasteiger partial charge in [0, 0.05) is 0 Å². The van der Waals surface area contributed by atoms with E-state index in [1.165, 1.54) is 21.9 Å². The van der Waals surface area contributed by atoms with Gasteiger partial charge in [0.1, 0.15) is 0 Å². The van der Waals surface area contributed by atoms with E-state index in [4.69, 9.17) is 0 Å². The minimum atomic E-state index is 1.05. The van der Waals surface area contributed by atoms with E-state index in [1.807, 2.05) is 6.08 Å². The van der Waals surface area contributed by atoms with E-state index in [1.54, 1.807) is 0 Å². The van der Waals surface area contributed by atoms with E-state index in [-0.39, 0.29) is 0 Å². The quantitative estimate of drug-likeness (QED) is 0.643. The molecule has 0 aliphatic rings. The normalized spacial score (nSPS) is 10.5. The van der Waals surface area contributed by atoms with Gasteiger partial charge in [-0.3, -0.25) is 0 Å². The van der Waals surface area contributed by atoms with Gasteiger partial charge in [-0.15, -0.1) is 6.58 Å². The highest BCUT2D eigenvalue weighted by atomic mass is 14.1. The maximum Gasteiger partial charge on any atom is -0.0152 e. The molecule has 0 nitrogen and oxygen atoms in total. The fourth-order valence-corrected chi connectivity index (χ4v) is 2.02. The largest absolute Gasteiger partial charge is 0.103 e. The smallest absolute Gasteiger partial charge is 0.0152 e. The van der Waals surface area contributed by atoms with Crippen LogP contribution < -0.4 is 0 Å². The van der Waals surface area contributed by atoms with Crippen LogP contribution >= 0.6 is 0 Å². The van der Waals surface area contributed by atoms with Crippen LogP contribution in [0.5, 0.6) is 0 Å². The number of rotatable bonds is 3. The van der Waals surface area contributed by atoms with Crippen molar-refractivity contribution in [2.45, 2.75) is 19.8 Å². The van der Waals surface area contributed by atoms with Gasteiger partial charge in [0.25, 0.3) is 0 Å². The van der Waals surface area contributed by atoms with Gasteiger partial charge in [0.2, 0.25) is 0 Å². The maximum atomic E-state index is 3.78. The molecule has 0 heterocycles. The minimum absolute atomic E-state index is 1.05. The highest BCUT2D eigenvalue weighted by Gasteiger charge is 2.00. The lowest BCUT2D eigenvalue weighted by atomic mass is 9.98. The molecular weight excluding hydrogens is 180 g/mol. The number of hydrogen-bond donors (Lipinski definition) is 0. The molecule has 0 fully saturated rings. The SMILES string of the molecule is C=CCCc1cc(C)cc2ccccc12. The van der Waals surface area contributed by atoms with Crippen LogP contribution in [0, 0.1) is 6.92 Å². The van der Waals surface area contributed by atoms with Crippen molar-refractivity contribution in [2.24, 2.45) is 0 Å². The number of aryl methyl sites for hydroxylation is 2. The number of hydrogen-bond acceptors (Lipinski definition) is 0. The molecule has 76 valence electrons. The Kier molecular flexibility index (Phi) is 2.86. The third kappa shape index (κ3) is 2.10. The third-order valence-corrected chi connectivity index (χ3v) is 2.71. The molecule has 0 saturated heterocycles. The van der Waals surface area contributed by atoms with Crippen LogP contribution in [-0.4, -0.2) is 0 Å². The Morgan fingerprint density at radius 3 is 2.80 bits per heavy atom. The average molecular weight is 196 g/mol. The van der Waals surface area contributed by atoms with E-state index >= 15 is 0 Å². The highest BCUT2D eigenvalue weighted by Crippen LogP contribution is 2.22. The number of allylic oxidation sites excluding steroid dienone is 1. The molecular formula is C15H16. The fourth-order valence-electron chi connectivity index (χ4n) is 2.02. The van der Waals surface area contributed by atoms with Gasteiger partial charge < -0.3 is 0 Å². The lowest BCUT2D eigenvalue weighted by molar-refractivity contribution is 1.01. The Morgan fingerprint density at radius 2 is 2.00 bits per heavy atom. The lowest BCUT2D eigenvalue weighted by Crippen LogP contribution is -1.88. The van der Waals surface area contributed by atoms with Gasteiger partial charge in [0.15, 0.2) is 0 Å². The molecule has 0 aliphatic heterocycles. The molecule has 2 aromatic carbocycles. The van der Waals surface area contributed by atoms with E-state index in [0.29, 0.717) is 0 Å². The summed E-state index contributed by atoms with van der Waals surface area (Å²) in [6.45, 7) is 5.93. The highest BCUT2D eigenvalue weighted by molar-refractivity contribution is 5.86. The van der Waals surface area contributed by atoms with Crippen molar-refractivity contribution in [3.8, 4) is 0 Å². The average Bonchev–Trinajstić information content (AvgIpc) is 2.25. The van der Waals surface area contributed by atoms with Gasteiger partial charge in [-0.2, -0.15) is 0 Å². The van der Waals surface area contributed by atoms with Crippen LogP contribution in [0.4, 0.5) is 0 Å². The van der Waals surface area contributed by atoms with Crippen LogP contribution in [0.3, 0.4) is 0 Å². The number of benzene rings is 2. The molecule has 0 unspecified atom stereocenters. The van der Waals surface area contributed by atoms with Crippen LogP contribution in [-0.2, 0) is 6.42 Å². The molecule has 0 N–H and O–H groups in total. The Labute approximate surface area is 91.2 Å². The third-order valence-electron chi connectivity index (χ3n) is 2.71. The molecule has 2 rings (SSSR count). The van der Waals surface area contributed by atoms with Gasteiger partial charge in [-0.1, -0.05) is 48.0 Å². The zero-order valence-electron chi connectivity index (χ0n) is 9.16. The molecule has 0 atom stereocenters. The second kappa shape index (κ2) is 4.31. The van der Waals surface area contributed by atoms with Gasteiger partial charge in [0.05, 0.1) is 0 Å². The van der Waals surface area contributed by atoms with Crippen LogP contribution in [0.15, 0.2) is 49.1 Å². The summed E-state index contributed by atoms with van der Waals surface area (Å²) in [5.74, 6) is 0. The summed E-state index contributed by atoms with van der Waals surface area (Å²) < 4.78 is 0. The second-order valence-electron chi connectivity index (χ2n) is 3.97. The first-order chi connectivity index (χ1) is 7.31. The minimum Gasteiger partial charge on any atom is -0.103 e. The van der Waals surface area contributed by atoms with E-state index in [9.17, 15) is 0 Å². The molecule has 0 radical (unpaired) electrons. The van der Waals surface area contributed by atoms with Crippen molar-refractivity contribution in [3.05, 3.63) is 60.2 Å². The van der Waals surface area contributed by atoms with Crippen molar-refractivity contribution in [1.82, 2.24) is 0 Å². The van der Waals surface area contributed by atoms with Crippen molar-refractivity contribution >= 4 is 10.8 Å². The lowest BCUT2D eigenvalue weighted by Gasteiger charge is -2.07. The van der Waals surface area contributed by atoms with Gasteiger partial charge in [-0.05, 0) is 36.1 Å². The molecule has 0 spiro atoms. The summed E-state index contributed by atoms with van der Waals surface area (Å²) in [5, 5.41) is 2.72. The first-order valence-electron chi connectivity index (χ1n) is 5.40. The van der Waals surface area contributed by atoms with E-state index in [2.05, 4.69) is 49.9 Å². The standard InChI is InChI=1S/C15H16/c1-3-4-7-13-10-12(2)11-14-8-5-6-9-15(13)14/h3,5-6,8-11H,1,4,7H2,2H3. The second-order valence-corrected chi connectivity index (χ2v) is 3.97. The van der Waals surface area contributed by atoms with Crippen LogP contribution in [0.25, 0.3) is 10.8 Å². The molecule has 0 aromatic heterocycles. The molecule has 0 heteroatoms. The molecule has 0 saturated carbocycles. The summed E-state index contributed by atoms with van der Waals surface area (Å²) >= 11 is 0. The predicted octanol–water partition coefficient (Wildman–Crippen LogP) is 4.27. The summed E-state index contributed by atoms with van der Waals surface area (Å²) in [6, 6.07) is 13.1. The molecule has 15 heavy (non-hydrogen) atoms. The molecule has 2 aromatic rings. The summed E-state index contributed by atoms with van der Waals surface area (Å²) in [4.78, 5) is 0. The van der Waals surface area contributed by atoms with E-state index < -0.39 is 0 Å². The van der Waals surface area contributed by atoms with Crippen molar-refractivity contribution < 1.29 is 0 Å². The Bertz CT molecular complexity index is 480. The molecule has 0 bridgehead atoms. The maximum absolute atomic E-state index is 3.78. The Hall–Kier alpha value is -1.56. The predicted molar refractivity (Wildman–Crippen MR) is 67.2 cm³/mol. The van der Waals surface area contributed by atoms with Crippen molar-refractivity contribution in [3.63, 3.8) is 0 Å². The van der Waals surface area contributed by atoms with Crippen molar-refractivity contribution in [1.29, 1.82) is 0 Å². The zero-order valence-corrected chi connectivity index (χ0v) is 9.16. The van der Waals surface area contributed by atoms with Gasteiger partial charge in [-0.25, -0.2) is 0 Å². The summed E-state index contributed by atoms with van der Waals surface area (Å²) in [7, 11) is 0. The van der Waals surface area contributed by atoms with E-state index in [0.717, 1.165) is 12.8 Å². The van der Waals surface area contributed by atoms with Crippen LogP contribution in [0.1, 0.15) is 17.5 Å². The van der Waals surface area contributed by atoms with Gasteiger partial charge >= 0.3 is 0 Å².